The maximum absolute atomic E-state index is 13.5. The van der Waals surface area contributed by atoms with Crippen LogP contribution in [-0.2, 0) is 22.7 Å². The highest BCUT2D eigenvalue weighted by Crippen LogP contribution is 2.39. The van der Waals surface area contributed by atoms with Crippen molar-refractivity contribution < 1.29 is 39.2 Å². The number of anilines is 1. The van der Waals surface area contributed by atoms with Crippen molar-refractivity contribution in [2.24, 2.45) is 0 Å². The van der Waals surface area contributed by atoms with Crippen LogP contribution in [-0.4, -0.2) is 13.9 Å². The largest absolute Gasteiger partial charge is 0.516 e. The van der Waals surface area contributed by atoms with Gasteiger partial charge in [-0.15, -0.1) is 11.3 Å². The predicted molar refractivity (Wildman–Crippen MR) is 94.4 cm³/mol. The van der Waals surface area contributed by atoms with Crippen LogP contribution in [0.5, 0.6) is 0 Å². The molecule has 0 radical (unpaired) electrons. The average molecular weight is 457 g/mol. The van der Waals surface area contributed by atoms with E-state index in [0.717, 1.165) is 17.4 Å². The first-order valence-electron chi connectivity index (χ1n) is 7.74. The Kier molecular flexibility index (Phi) is 5.28. The molecule has 2 aromatic carbocycles. The van der Waals surface area contributed by atoms with E-state index in [1.165, 1.54) is 6.07 Å². The Morgan fingerprint density at radius 3 is 2.17 bits per heavy atom. The quantitative estimate of drug-likeness (QED) is 0.457. The zero-order chi connectivity index (χ0) is 21.6. The van der Waals surface area contributed by atoms with Gasteiger partial charge in [-0.1, -0.05) is 24.3 Å². The van der Waals surface area contributed by atoms with Gasteiger partial charge in [0.15, 0.2) is 0 Å². The fourth-order valence-electron chi connectivity index (χ4n) is 2.55. The number of alkyl halides is 6. The molecule has 3 rings (SSSR count). The highest BCUT2D eigenvalue weighted by molar-refractivity contribution is 7.93. The number of sulfonamides is 1. The van der Waals surface area contributed by atoms with Gasteiger partial charge in [0.25, 0.3) is 0 Å². The van der Waals surface area contributed by atoms with Gasteiger partial charge in [-0.3, -0.25) is 0 Å². The van der Waals surface area contributed by atoms with Crippen LogP contribution < -0.4 is 4.31 Å². The van der Waals surface area contributed by atoms with E-state index in [-0.39, 0.29) is 9.31 Å². The lowest BCUT2D eigenvalue weighted by atomic mass is 10.1. The standard InChI is InChI=1S/C17H10F7NO2S2/c18-13-6-5-10(7-12(13)16(19,20)21)9-25(29(26,27)17(22,23)24)15-8-11-3-1-2-4-14(11)28-15/h1-8H,9H2. The molecule has 3 aromatic rings. The Hall–Kier alpha value is -2.34. The van der Waals surface area contributed by atoms with Crippen LogP contribution in [0, 0.1) is 5.82 Å². The Balaban J connectivity index is 2.12. The molecule has 0 bridgehead atoms. The molecule has 12 heteroatoms. The second kappa shape index (κ2) is 7.17. The summed E-state index contributed by atoms with van der Waals surface area (Å²) in [6, 6.07) is 9.02. The summed E-state index contributed by atoms with van der Waals surface area (Å²) in [5.41, 5.74) is -7.84. The maximum Gasteiger partial charge on any atom is 0.516 e. The third-order valence-corrected chi connectivity index (χ3v) is 6.65. The van der Waals surface area contributed by atoms with Gasteiger partial charge in [0, 0.05) is 4.70 Å². The van der Waals surface area contributed by atoms with E-state index in [1.807, 2.05) is 0 Å². The minimum atomic E-state index is -5.93. The van der Waals surface area contributed by atoms with Crippen molar-refractivity contribution in [1.82, 2.24) is 0 Å². The molecule has 0 atom stereocenters. The summed E-state index contributed by atoms with van der Waals surface area (Å²) in [5.74, 6) is -1.62. The zero-order valence-corrected chi connectivity index (χ0v) is 15.7. The third-order valence-electron chi connectivity index (χ3n) is 3.90. The van der Waals surface area contributed by atoms with Crippen molar-refractivity contribution in [3.63, 3.8) is 0 Å². The average Bonchev–Trinajstić information content (AvgIpc) is 3.02. The number of rotatable bonds is 4. The fraction of sp³-hybridized carbons (Fsp3) is 0.176. The Bertz CT molecular complexity index is 1120. The maximum atomic E-state index is 13.5. The molecule has 0 aliphatic heterocycles. The highest BCUT2D eigenvalue weighted by atomic mass is 32.2. The molecule has 0 unspecified atom stereocenters. The number of fused-ring (bicyclic) bond motifs is 1. The molecular weight excluding hydrogens is 447 g/mol. The minimum Gasteiger partial charge on any atom is -0.249 e. The molecule has 29 heavy (non-hydrogen) atoms. The Labute approximate surface area is 164 Å². The molecule has 1 heterocycles. The lowest BCUT2D eigenvalue weighted by molar-refractivity contribution is -0.140. The van der Waals surface area contributed by atoms with Crippen molar-refractivity contribution in [3.05, 3.63) is 65.5 Å². The SMILES string of the molecule is O=S(=O)(N(Cc1ccc(F)c(C(F)(F)F)c1)c1cc2ccccc2s1)C(F)(F)F. The Morgan fingerprint density at radius 1 is 0.931 bits per heavy atom. The number of hydrogen-bond acceptors (Lipinski definition) is 3. The lowest BCUT2D eigenvalue weighted by Crippen LogP contribution is -2.40. The second-order valence-electron chi connectivity index (χ2n) is 5.89. The van der Waals surface area contributed by atoms with Crippen LogP contribution in [0.3, 0.4) is 0 Å². The lowest BCUT2D eigenvalue weighted by Gasteiger charge is -2.24. The van der Waals surface area contributed by atoms with E-state index in [4.69, 9.17) is 0 Å². The first-order chi connectivity index (χ1) is 13.3. The van der Waals surface area contributed by atoms with Crippen LogP contribution in [0.2, 0.25) is 0 Å². The van der Waals surface area contributed by atoms with Crippen LogP contribution in [0.25, 0.3) is 10.1 Å². The van der Waals surface area contributed by atoms with Crippen molar-refractivity contribution in [2.75, 3.05) is 4.31 Å². The van der Waals surface area contributed by atoms with Crippen LogP contribution in [0.15, 0.2) is 48.5 Å². The van der Waals surface area contributed by atoms with Crippen molar-refractivity contribution >= 4 is 36.4 Å². The molecule has 1 aromatic heterocycles. The second-order valence-corrected chi connectivity index (χ2v) is 8.81. The van der Waals surface area contributed by atoms with Crippen LogP contribution in [0.1, 0.15) is 11.1 Å². The summed E-state index contributed by atoms with van der Waals surface area (Å²) < 4.78 is 116. The number of nitrogens with zero attached hydrogens (tertiary/aromatic N) is 1. The topological polar surface area (TPSA) is 37.4 Å². The molecule has 0 saturated heterocycles. The number of hydrogen-bond donors (Lipinski definition) is 0. The number of benzene rings is 2. The van der Waals surface area contributed by atoms with Crippen molar-refractivity contribution in [3.8, 4) is 0 Å². The molecule has 156 valence electrons. The van der Waals surface area contributed by atoms with E-state index < -0.39 is 45.2 Å². The smallest absolute Gasteiger partial charge is 0.249 e. The first-order valence-corrected chi connectivity index (χ1v) is 9.99. The van der Waals surface area contributed by atoms with Crippen LogP contribution in [0.4, 0.5) is 35.7 Å². The van der Waals surface area contributed by atoms with Gasteiger partial charge in [-0.25, -0.2) is 8.70 Å². The molecule has 3 nitrogen and oxygen atoms in total. The summed E-state index contributed by atoms with van der Waals surface area (Å²) in [7, 11) is -5.93. The van der Waals surface area contributed by atoms with Crippen molar-refractivity contribution in [1.29, 1.82) is 0 Å². The number of thiophene rings is 1. The van der Waals surface area contributed by atoms with Gasteiger partial charge < -0.3 is 0 Å². The molecule has 0 amide bonds. The van der Waals surface area contributed by atoms with Gasteiger partial charge >= 0.3 is 21.7 Å². The molecule has 0 fully saturated rings. The molecular formula is C17H10F7NO2S2. The molecule has 0 aliphatic carbocycles. The molecule has 0 saturated carbocycles. The van der Waals surface area contributed by atoms with E-state index >= 15 is 0 Å². The van der Waals surface area contributed by atoms with E-state index in [9.17, 15) is 39.2 Å². The van der Waals surface area contributed by atoms with E-state index in [2.05, 4.69) is 0 Å². The predicted octanol–water partition coefficient (Wildman–Crippen LogP) is 5.92. The van der Waals surface area contributed by atoms with E-state index in [1.54, 1.807) is 24.3 Å². The zero-order valence-electron chi connectivity index (χ0n) is 14.1. The van der Waals surface area contributed by atoms with Gasteiger partial charge in [-0.05, 0) is 35.2 Å². The summed E-state index contributed by atoms with van der Waals surface area (Å²) >= 11 is 0.731. The molecule has 0 spiro atoms. The number of halogens is 7. The monoisotopic (exact) mass is 457 g/mol. The van der Waals surface area contributed by atoms with Gasteiger partial charge in [0.05, 0.1) is 12.1 Å². The summed E-state index contributed by atoms with van der Waals surface area (Å²) in [4.78, 5) is 0. The minimum absolute atomic E-state index is 0.0228. The van der Waals surface area contributed by atoms with Crippen molar-refractivity contribution in [2.45, 2.75) is 18.2 Å². The molecule has 0 aliphatic rings. The van der Waals surface area contributed by atoms with Gasteiger partial charge in [-0.2, -0.15) is 34.8 Å². The third kappa shape index (κ3) is 4.17. The van der Waals surface area contributed by atoms with E-state index in [0.29, 0.717) is 22.2 Å². The highest BCUT2D eigenvalue weighted by Gasteiger charge is 2.50. The Morgan fingerprint density at radius 2 is 1.59 bits per heavy atom. The summed E-state index contributed by atoms with van der Waals surface area (Å²) in [6.45, 7) is -1.06. The first kappa shape index (κ1) is 21.4. The van der Waals surface area contributed by atoms with Gasteiger partial charge in [0.2, 0.25) is 0 Å². The molecule has 0 N–H and O–H groups in total. The normalized spacial score (nSPS) is 13.1. The summed E-state index contributed by atoms with van der Waals surface area (Å²) in [6.07, 6.45) is -5.09. The van der Waals surface area contributed by atoms with Crippen LogP contribution >= 0.6 is 11.3 Å². The summed E-state index contributed by atoms with van der Waals surface area (Å²) in [5, 5.41) is 0.131. The fourth-order valence-corrected chi connectivity index (χ4v) is 4.78. The van der Waals surface area contributed by atoms with Gasteiger partial charge in [0.1, 0.15) is 10.8 Å².